The number of para-hydroxylation sites is 1. The lowest BCUT2D eigenvalue weighted by Gasteiger charge is -2.30. The topological polar surface area (TPSA) is 47.0 Å². The fraction of sp³-hybridized carbons (Fsp3) is 0.467. The molecule has 1 N–H and O–H groups in total. The second-order valence-corrected chi connectivity index (χ2v) is 4.99. The number of nitrogens with one attached hydrogen (secondary N) is 1. The first-order chi connectivity index (χ1) is 9.40. The first kappa shape index (κ1) is 12.5. The van der Waals surface area contributed by atoms with Crippen molar-refractivity contribution >= 4 is 11.0 Å². The Kier molecular flexibility index (Phi) is 3.71. The molecule has 0 saturated carbocycles. The van der Waals surface area contributed by atoms with E-state index in [2.05, 4.69) is 27.4 Å². The second kappa shape index (κ2) is 5.63. The lowest BCUT2D eigenvalue weighted by molar-refractivity contribution is 0.0547. The monoisotopic (exact) mass is 257 g/mol. The van der Waals surface area contributed by atoms with Gasteiger partial charge in [-0.05, 0) is 37.4 Å². The van der Waals surface area contributed by atoms with E-state index >= 15 is 0 Å². The SMILES string of the molecule is CNC(c1cccc2nccnc12)C1CCOCC1. The van der Waals surface area contributed by atoms with Crippen molar-refractivity contribution in [2.75, 3.05) is 20.3 Å². The summed E-state index contributed by atoms with van der Waals surface area (Å²) < 4.78 is 5.46. The summed E-state index contributed by atoms with van der Waals surface area (Å²) in [5.41, 5.74) is 3.23. The van der Waals surface area contributed by atoms with Crippen molar-refractivity contribution in [3.8, 4) is 0 Å². The summed E-state index contributed by atoms with van der Waals surface area (Å²) in [5.74, 6) is 0.603. The van der Waals surface area contributed by atoms with E-state index in [1.165, 1.54) is 5.56 Å². The van der Waals surface area contributed by atoms with Crippen LogP contribution in [0, 0.1) is 5.92 Å². The molecule has 0 spiro atoms. The van der Waals surface area contributed by atoms with Crippen LogP contribution in [0.25, 0.3) is 11.0 Å². The van der Waals surface area contributed by atoms with E-state index in [0.717, 1.165) is 37.1 Å². The Balaban J connectivity index is 2.00. The standard InChI is InChI=1S/C15H19N3O/c1-16-14(11-5-9-19-10-6-11)12-3-2-4-13-15(12)18-8-7-17-13/h2-4,7-8,11,14,16H,5-6,9-10H2,1H3. The Hall–Kier alpha value is -1.52. The van der Waals surface area contributed by atoms with E-state index in [0.29, 0.717) is 12.0 Å². The molecule has 19 heavy (non-hydrogen) atoms. The minimum atomic E-state index is 0.323. The number of fused-ring (bicyclic) bond motifs is 1. The van der Waals surface area contributed by atoms with Crippen molar-refractivity contribution < 1.29 is 4.74 Å². The number of aromatic nitrogens is 2. The minimum absolute atomic E-state index is 0.323. The van der Waals surface area contributed by atoms with Gasteiger partial charge in [-0.1, -0.05) is 12.1 Å². The fourth-order valence-corrected chi connectivity index (χ4v) is 2.96. The quantitative estimate of drug-likeness (QED) is 0.916. The maximum Gasteiger partial charge on any atom is 0.0934 e. The Labute approximate surface area is 113 Å². The van der Waals surface area contributed by atoms with Gasteiger partial charge in [0, 0.05) is 31.6 Å². The van der Waals surface area contributed by atoms with Gasteiger partial charge in [-0.3, -0.25) is 9.97 Å². The fourth-order valence-electron chi connectivity index (χ4n) is 2.96. The number of benzene rings is 1. The molecule has 1 aromatic carbocycles. The van der Waals surface area contributed by atoms with Gasteiger partial charge in [-0.15, -0.1) is 0 Å². The molecular formula is C15H19N3O. The highest BCUT2D eigenvalue weighted by Crippen LogP contribution is 2.32. The summed E-state index contributed by atoms with van der Waals surface area (Å²) in [6.07, 6.45) is 5.71. The lowest BCUT2D eigenvalue weighted by Crippen LogP contribution is -2.30. The maximum absolute atomic E-state index is 5.46. The third-order valence-corrected chi connectivity index (χ3v) is 3.91. The molecule has 4 nitrogen and oxygen atoms in total. The van der Waals surface area contributed by atoms with Gasteiger partial charge in [-0.2, -0.15) is 0 Å². The molecule has 1 atom stereocenters. The van der Waals surface area contributed by atoms with E-state index in [9.17, 15) is 0 Å². The Bertz CT molecular complexity index is 547. The molecule has 1 fully saturated rings. The maximum atomic E-state index is 5.46. The van der Waals surface area contributed by atoms with Crippen molar-refractivity contribution in [2.24, 2.45) is 5.92 Å². The van der Waals surface area contributed by atoms with Crippen LogP contribution in [-0.4, -0.2) is 30.2 Å². The molecule has 4 heteroatoms. The average Bonchev–Trinajstić information content (AvgIpc) is 2.49. The predicted octanol–water partition coefficient (Wildman–Crippen LogP) is 2.32. The van der Waals surface area contributed by atoms with Gasteiger partial charge in [0.25, 0.3) is 0 Å². The smallest absolute Gasteiger partial charge is 0.0934 e. The zero-order chi connectivity index (χ0) is 13.1. The van der Waals surface area contributed by atoms with Gasteiger partial charge in [0.05, 0.1) is 11.0 Å². The Morgan fingerprint density at radius 2 is 2.00 bits per heavy atom. The zero-order valence-electron chi connectivity index (χ0n) is 11.2. The first-order valence-electron chi connectivity index (χ1n) is 6.85. The Morgan fingerprint density at radius 3 is 2.79 bits per heavy atom. The molecule has 0 bridgehead atoms. The number of ether oxygens (including phenoxy) is 1. The van der Waals surface area contributed by atoms with Crippen LogP contribution in [0.2, 0.25) is 0 Å². The van der Waals surface area contributed by atoms with E-state index < -0.39 is 0 Å². The molecule has 0 amide bonds. The third-order valence-electron chi connectivity index (χ3n) is 3.91. The number of hydrogen-bond acceptors (Lipinski definition) is 4. The molecule has 2 aromatic rings. The highest BCUT2D eigenvalue weighted by Gasteiger charge is 2.25. The molecule has 0 radical (unpaired) electrons. The highest BCUT2D eigenvalue weighted by atomic mass is 16.5. The van der Waals surface area contributed by atoms with Crippen LogP contribution in [0.15, 0.2) is 30.6 Å². The van der Waals surface area contributed by atoms with Crippen molar-refractivity contribution in [3.63, 3.8) is 0 Å². The zero-order valence-corrected chi connectivity index (χ0v) is 11.2. The minimum Gasteiger partial charge on any atom is -0.381 e. The molecular weight excluding hydrogens is 238 g/mol. The van der Waals surface area contributed by atoms with Gasteiger partial charge in [0.1, 0.15) is 0 Å². The molecule has 2 heterocycles. The first-order valence-corrected chi connectivity index (χ1v) is 6.85. The summed E-state index contributed by atoms with van der Waals surface area (Å²) in [7, 11) is 2.02. The van der Waals surface area contributed by atoms with Gasteiger partial charge < -0.3 is 10.1 Å². The summed E-state index contributed by atoms with van der Waals surface area (Å²) in [6, 6.07) is 6.57. The summed E-state index contributed by atoms with van der Waals surface area (Å²) in [4.78, 5) is 8.90. The number of hydrogen-bond donors (Lipinski definition) is 1. The van der Waals surface area contributed by atoms with Gasteiger partial charge in [0.2, 0.25) is 0 Å². The third kappa shape index (κ3) is 2.46. The normalized spacial score (nSPS) is 18.6. The van der Waals surface area contributed by atoms with Crippen molar-refractivity contribution in [1.29, 1.82) is 0 Å². The van der Waals surface area contributed by atoms with Crippen LogP contribution in [0.5, 0.6) is 0 Å². The van der Waals surface area contributed by atoms with Gasteiger partial charge >= 0.3 is 0 Å². The largest absolute Gasteiger partial charge is 0.381 e. The summed E-state index contributed by atoms with van der Waals surface area (Å²) in [5, 5.41) is 3.46. The molecule has 1 aliphatic rings. The number of rotatable bonds is 3. The second-order valence-electron chi connectivity index (χ2n) is 4.99. The van der Waals surface area contributed by atoms with Crippen LogP contribution in [0.3, 0.4) is 0 Å². The van der Waals surface area contributed by atoms with E-state index in [1.807, 2.05) is 13.1 Å². The molecule has 3 rings (SSSR count). The van der Waals surface area contributed by atoms with Crippen LogP contribution < -0.4 is 5.32 Å². The molecule has 1 aliphatic heterocycles. The molecule has 1 saturated heterocycles. The van der Waals surface area contributed by atoms with Crippen molar-refractivity contribution in [1.82, 2.24) is 15.3 Å². The van der Waals surface area contributed by atoms with Crippen LogP contribution in [-0.2, 0) is 4.74 Å². The molecule has 1 aromatic heterocycles. The van der Waals surface area contributed by atoms with Crippen LogP contribution in [0.1, 0.15) is 24.4 Å². The number of nitrogens with zero attached hydrogens (tertiary/aromatic N) is 2. The highest BCUT2D eigenvalue weighted by molar-refractivity contribution is 5.78. The molecule has 100 valence electrons. The molecule has 1 unspecified atom stereocenters. The van der Waals surface area contributed by atoms with Crippen LogP contribution in [0.4, 0.5) is 0 Å². The lowest BCUT2D eigenvalue weighted by atomic mass is 9.86. The average molecular weight is 257 g/mol. The van der Waals surface area contributed by atoms with Crippen LogP contribution >= 0.6 is 0 Å². The summed E-state index contributed by atoms with van der Waals surface area (Å²) in [6.45, 7) is 1.72. The molecule has 0 aliphatic carbocycles. The summed E-state index contributed by atoms with van der Waals surface area (Å²) >= 11 is 0. The van der Waals surface area contributed by atoms with Gasteiger partial charge in [-0.25, -0.2) is 0 Å². The van der Waals surface area contributed by atoms with E-state index in [-0.39, 0.29) is 0 Å². The van der Waals surface area contributed by atoms with E-state index in [1.54, 1.807) is 12.4 Å². The Morgan fingerprint density at radius 1 is 1.21 bits per heavy atom. The predicted molar refractivity (Wildman–Crippen MR) is 74.9 cm³/mol. The van der Waals surface area contributed by atoms with Crippen molar-refractivity contribution in [3.05, 3.63) is 36.2 Å². The van der Waals surface area contributed by atoms with E-state index in [4.69, 9.17) is 4.74 Å². The van der Waals surface area contributed by atoms with Crippen molar-refractivity contribution in [2.45, 2.75) is 18.9 Å². The van der Waals surface area contributed by atoms with Gasteiger partial charge in [0.15, 0.2) is 0 Å².